The lowest BCUT2D eigenvalue weighted by molar-refractivity contribution is -0.159. The fourth-order valence-electron chi connectivity index (χ4n) is 1.99. The summed E-state index contributed by atoms with van der Waals surface area (Å²) in [5, 5.41) is 2.60. The van der Waals surface area contributed by atoms with Crippen molar-refractivity contribution < 1.29 is 13.2 Å². The highest BCUT2D eigenvalue weighted by Crippen LogP contribution is 2.34. The molecule has 20 heavy (non-hydrogen) atoms. The van der Waals surface area contributed by atoms with Crippen molar-refractivity contribution in [2.24, 2.45) is 0 Å². The van der Waals surface area contributed by atoms with Gasteiger partial charge in [0.1, 0.15) is 6.04 Å². The monoisotopic (exact) mass is 280 g/mol. The van der Waals surface area contributed by atoms with Crippen molar-refractivity contribution in [1.82, 2.24) is 10.3 Å². The second kappa shape index (κ2) is 6.05. The first-order valence-corrected chi connectivity index (χ1v) is 6.27. The van der Waals surface area contributed by atoms with Gasteiger partial charge < -0.3 is 0 Å². The molecule has 0 amide bonds. The van der Waals surface area contributed by atoms with E-state index in [-0.39, 0.29) is 5.56 Å². The molecule has 2 rings (SSSR count). The molecular weight excluding hydrogens is 265 g/mol. The van der Waals surface area contributed by atoms with Crippen LogP contribution in [0.1, 0.15) is 30.3 Å². The van der Waals surface area contributed by atoms with E-state index in [9.17, 15) is 13.2 Å². The Balaban J connectivity index is 2.22. The molecule has 1 unspecified atom stereocenters. The predicted octanol–water partition coefficient (Wildman–Crippen LogP) is 4.04. The summed E-state index contributed by atoms with van der Waals surface area (Å²) in [6.45, 7) is 1.67. The van der Waals surface area contributed by atoms with Crippen LogP contribution in [0.2, 0.25) is 0 Å². The van der Waals surface area contributed by atoms with E-state index in [1.807, 2.05) is 0 Å². The van der Waals surface area contributed by atoms with Gasteiger partial charge in [-0.3, -0.25) is 10.3 Å². The molecule has 2 atom stereocenters. The first kappa shape index (κ1) is 14.5. The van der Waals surface area contributed by atoms with Gasteiger partial charge in [-0.15, -0.1) is 0 Å². The zero-order chi connectivity index (χ0) is 14.6. The Morgan fingerprint density at radius 3 is 2.20 bits per heavy atom. The average Bonchev–Trinajstić information content (AvgIpc) is 2.45. The third-order valence-corrected chi connectivity index (χ3v) is 3.01. The minimum atomic E-state index is -4.36. The summed E-state index contributed by atoms with van der Waals surface area (Å²) < 4.78 is 39.6. The maximum Gasteiger partial charge on any atom is 0.407 e. The summed E-state index contributed by atoms with van der Waals surface area (Å²) in [5.74, 6) is 0. The van der Waals surface area contributed by atoms with Crippen LogP contribution in [-0.4, -0.2) is 11.2 Å². The van der Waals surface area contributed by atoms with Gasteiger partial charge in [-0.1, -0.05) is 36.4 Å². The molecule has 0 aliphatic heterocycles. The van der Waals surface area contributed by atoms with Crippen LogP contribution in [0.4, 0.5) is 13.2 Å². The third kappa shape index (κ3) is 3.57. The van der Waals surface area contributed by atoms with E-state index in [4.69, 9.17) is 0 Å². The first-order valence-electron chi connectivity index (χ1n) is 6.27. The van der Waals surface area contributed by atoms with E-state index in [1.165, 1.54) is 12.1 Å². The highest BCUT2D eigenvalue weighted by atomic mass is 19.4. The molecular formula is C15H15F3N2. The summed E-state index contributed by atoms with van der Waals surface area (Å²) in [6, 6.07) is 10.8. The molecule has 1 aromatic heterocycles. The number of halogens is 3. The number of rotatable bonds is 4. The summed E-state index contributed by atoms with van der Waals surface area (Å²) >= 11 is 0. The molecule has 2 aromatic rings. The normalized spacial score (nSPS) is 14.8. The molecule has 1 heterocycles. The van der Waals surface area contributed by atoms with Crippen molar-refractivity contribution >= 4 is 0 Å². The second-order valence-electron chi connectivity index (χ2n) is 4.53. The maximum atomic E-state index is 13.2. The Kier molecular flexibility index (Phi) is 4.39. The molecule has 0 saturated carbocycles. The number of hydrogen-bond donors (Lipinski definition) is 1. The maximum absolute atomic E-state index is 13.2. The number of alkyl halides is 3. The second-order valence-corrected chi connectivity index (χ2v) is 4.53. The first-order chi connectivity index (χ1) is 9.48. The van der Waals surface area contributed by atoms with Gasteiger partial charge in [-0.2, -0.15) is 13.2 Å². The van der Waals surface area contributed by atoms with Crippen molar-refractivity contribution in [3.8, 4) is 0 Å². The Labute approximate surface area is 115 Å². The van der Waals surface area contributed by atoms with Crippen molar-refractivity contribution in [3.05, 3.63) is 66.0 Å². The molecule has 1 aromatic carbocycles. The minimum Gasteiger partial charge on any atom is -0.294 e. The number of pyridine rings is 1. The van der Waals surface area contributed by atoms with E-state index in [0.717, 1.165) is 0 Å². The molecule has 106 valence electrons. The number of nitrogens with one attached hydrogen (secondary N) is 1. The van der Waals surface area contributed by atoms with Crippen molar-refractivity contribution in [2.75, 3.05) is 0 Å². The number of hydrogen-bond acceptors (Lipinski definition) is 2. The third-order valence-electron chi connectivity index (χ3n) is 3.01. The molecule has 0 bridgehead atoms. The topological polar surface area (TPSA) is 24.9 Å². The Morgan fingerprint density at radius 2 is 1.65 bits per heavy atom. The molecule has 0 aliphatic rings. The standard InChI is InChI=1S/C15H15F3N2/c1-11(13-9-5-6-10-19-13)20-14(15(16,17)18)12-7-3-2-4-8-12/h2-11,14,20H,1H3/t11-,14?/m0/s1. The van der Waals surface area contributed by atoms with Crippen molar-refractivity contribution in [2.45, 2.75) is 25.2 Å². The largest absolute Gasteiger partial charge is 0.407 e. The Hall–Kier alpha value is -1.88. The van der Waals surface area contributed by atoms with Crippen LogP contribution in [-0.2, 0) is 0 Å². The van der Waals surface area contributed by atoms with Crippen LogP contribution in [0.3, 0.4) is 0 Å². The van der Waals surface area contributed by atoms with Crippen molar-refractivity contribution in [1.29, 1.82) is 0 Å². The van der Waals surface area contributed by atoms with Crippen molar-refractivity contribution in [3.63, 3.8) is 0 Å². The quantitative estimate of drug-likeness (QED) is 0.914. The summed E-state index contributed by atoms with van der Waals surface area (Å²) in [4.78, 5) is 4.08. The smallest absolute Gasteiger partial charge is 0.294 e. The zero-order valence-electron chi connectivity index (χ0n) is 10.9. The van der Waals surface area contributed by atoms with Gasteiger partial charge in [0.2, 0.25) is 0 Å². The highest BCUT2D eigenvalue weighted by molar-refractivity contribution is 5.21. The Bertz CT molecular complexity index is 526. The lowest BCUT2D eigenvalue weighted by Crippen LogP contribution is -2.36. The SMILES string of the molecule is C[C@H](NC(c1ccccc1)C(F)(F)F)c1ccccn1. The number of benzene rings is 1. The fraction of sp³-hybridized carbons (Fsp3) is 0.267. The Morgan fingerprint density at radius 1 is 1.00 bits per heavy atom. The van der Waals surface area contributed by atoms with Gasteiger partial charge in [-0.05, 0) is 24.6 Å². The predicted molar refractivity (Wildman–Crippen MR) is 71.0 cm³/mol. The van der Waals surface area contributed by atoms with Gasteiger partial charge in [0.05, 0.1) is 5.69 Å². The van der Waals surface area contributed by atoms with Crippen LogP contribution >= 0.6 is 0 Å². The molecule has 1 N–H and O–H groups in total. The van der Waals surface area contributed by atoms with Gasteiger partial charge in [0.15, 0.2) is 0 Å². The molecule has 5 heteroatoms. The molecule has 0 fully saturated rings. The van der Waals surface area contributed by atoms with Gasteiger partial charge in [-0.25, -0.2) is 0 Å². The lowest BCUT2D eigenvalue weighted by Gasteiger charge is -2.25. The summed E-state index contributed by atoms with van der Waals surface area (Å²) in [5.41, 5.74) is 0.778. The fourth-order valence-corrected chi connectivity index (χ4v) is 1.99. The molecule has 0 saturated heterocycles. The van der Waals surface area contributed by atoms with E-state index >= 15 is 0 Å². The average molecular weight is 280 g/mol. The number of aromatic nitrogens is 1. The lowest BCUT2D eigenvalue weighted by atomic mass is 10.0. The van der Waals surface area contributed by atoms with E-state index < -0.39 is 18.3 Å². The van der Waals surface area contributed by atoms with E-state index in [2.05, 4.69) is 10.3 Å². The van der Waals surface area contributed by atoms with Gasteiger partial charge in [0, 0.05) is 12.2 Å². The molecule has 0 radical (unpaired) electrons. The van der Waals surface area contributed by atoms with Crippen LogP contribution in [0.25, 0.3) is 0 Å². The van der Waals surface area contributed by atoms with Crippen LogP contribution in [0, 0.1) is 0 Å². The molecule has 0 spiro atoms. The van der Waals surface area contributed by atoms with Gasteiger partial charge in [0.25, 0.3) is 0 Å². The molecule has 2 nitrogen and oxygen atoms in total. The minimum absolute atomic E-state index is 0.197. The zero-order valence-corrected chi connectivity index (χ0v) is 10.9. The summed E-state index contributed by atoms with van der Waals surface area (Å²) in [6.07, 6.45) is -2.79. The highest BCUT2D eigenvalue weighted by Gasteiger charge is 2.41. The van der Waals surface area contributed by atoms with E-state index in [1.54, 1.807) is 49.5 Å². The van der Waals surface area contributed by atoms with Gasteiger partial charge >= 0.3 is 6.18 Å². The van der Waals surface area contributed by atoms with Crippen LogP contribution in [0.5, 0.6) is 0 Å². The van der Waals surface area contributed by atoms with Crippen LogP contribution < -0.4 is 5.32 Å². The number of nitrogens with zero attached hydrogens (tertiary/aromatic N) is 1. The van der Waals surface area contributed by atoms with Crippen LogP contribution in [0.15, 0.2) is 54.7 Å². The molecule has 0 aliphatic carbocycles. The van der Waals surface area contributed by atoms with E-state index in [0.29, 0.717) is 5.69 Å². The summed E-state index contributed by atoms with van der Waals surface area (Å²) in [7, 11) is 0.